The van der Waals surface area contributed by atoms with Crippen molar-refractivity contribution in [1.29, 1.82) is 0 Å². The number of nitrogens with zero attached hydrogens (tertiary/aromatic N) is 1. The van der Waals surface area contributed by atoms with Crippen LogP contribution in [-0.2, 0) is 14.3 Å². The first-order valence-corrected chi connectivity index (χ1v) is 11.2. The van der Waals surface area contributed by atoms with Crippen LogP contribution < -0.4 is 20.1 Å². The van der Waals surface area contributed by atoms with Crippen LogP contribution in [0.3, 0.4) is 0 Å². The van der Waals surface area contributed by atoms with E-state index in [9.17, 15) is 9.59 Å². The number of nitrogens with one attached hydrogen (secondary N) is 2. The number of hydrogen-bond donors (Lipinski definition) is 2. The molecular formula is C20H27N3O5S. The van der Waals surface area contributed by atoms with Crippen LogP contribution in [0.2, 0.25) is 0 Å². The maximum atomic E-state index is 12.5. The van der Waals surface area contributed by atoms with Crippen molar-refractivity contribution in [2.24, 2.45) is 0 Å². The maximum absolute atomic E-state index is 12.5. The van der Waals surface area contributed by atoms with Gasteiger partial charge in [-0.15, -0.1) is 0 Å². The fraction of sp³-hybridized carbons (Fsp3) is 0.600. The van der Waals surface area contributed by atoms with Crippen molar-refractivity contribution in [3.05, 3.63) is 18.2 Å². The van der Waals surface area contributed by atoms with Gasteiger partial charge < -0.3 is 24.8 Å². The van der Waals surface area contributed by atoms with Crippen molar-refractivity contribution in [2.45, 2.75) is 18.4 Å². The van der Waals surface area contributed by atoms with Gasteiger partial charge in [0.1, 0.15) is 13.2 Å². The lowest BCUT2D eigenvalue weighted by Crippen LogP contribution is -2.61. The summed E-state index contributed by atoms with van der Waals surface area (Å²) in [5.74, 6) is 2.09. The average molecular weight is 422 g/mol. The van der Waals surface area contributed by atoms with Crippen LogP contribution in [0.15, 0.2) is 18.2 Å². The molecule has 2 saturated heterocycles. The van der Waals surface area contributed by atoms with Crippen LogP contribution >= 0.6 is 11.8 Å². The number of amides is 2. The van der Waals surface area contributed by atoms with Gasteiger partial charge in [0, 0.05) is 61.6 Å². The molecule has 2 fully saturated rings. The van der Waals surface area contributed by atoms with Crippen LogP contribution in [0.4, 0.5) is 5.69 Å². The number of ether oxygens (including phenoxy) is 3. The molecule has 1 aromatic carbocycles. The first kappa shape index (κ1) is 20.3. The minimum atomic E-state index is -0.682. The second kappa shape index (κ2) is 9.23. The normalized spacial score (nSPS) is 21.2. The van der Waals surface area contributed by atoms with E-state index in [1.807, 2.05) is 11.8 Å². The molecule has 0 unspecified atom stereocenters. The van der Waals surface area contributed by atoms with Gasteiger partial charge in [-0.25, -0.2) is 0 Å². The number of anilines is 1. The summed E-state index contributed by atoms with van der Waals surface area (Å²) < 4.78 is 16.5. The van der Waals surface area contributed by atoms with E-state index in [0.29, 0.717) is 50.2 Å². The molecule has 2 N–H and O–H groups in total. The molecule has 0 bridgehead atoms. The predicted octanol–water partition coefficient (Wildman–Crippen LogP) is 1.11. The minimum absolute atomic E-state index is 0.133. The molecule has 0 saturated carbocycles. The summed E-state index contributed by atoms with van der Waals surface area (Å²) in [7, 11) is 0. The van der Waals surface area contributed by atoms with Gasteiger partial charge in [0.15, 0.2) is 11.5 Å². The van der Waals surface area contributed by atoms with Crippen LogP contribution in [0.5, 0.6) is 11.5 Å². The Hall–Kier alpha value is -1.97. The predicted molar refractivity (Wildman–Crippen MR) is 111 cm³/mol. The molecule has 0 spiro atoms. The third-order valence-electron chi connectivity index (χ3n) is 5.69. The number of thioether (sulfide) groups is 1. The number of carbonyl (C=O) groups is 2. The average Bonchev–Trinajstić information content (AvgIpc) is 2.78. The molecule has 1 aromatic rings. The Balaban J connectivity index is 1.35. The molecule has 0 radical (unpaired) electrons. The molecule has 3 aliphatic rings. The summed E-state index contributed by atoms with van der Waals surface area (Å²) >= 11 is 1.96. The van der Waals surface area contributed by atoms with E-state index in [0.717, 1.165) is 37.4 Å². The van der Waals surface area contributed by atoms with Crippen molar-refractivity contribution >= 4 is 29.3 Å². The van der Waals surface area contributed by atoms with E-state index in [1.54, 1.807) is 18.2 Å². The Morgan fingerprint density at radius 1 is 1.00 bits per heavy atom. The molecule has 0 aromatic heterocycles. The Labute approximate surface area is 174 Å². The summed E-state index contributed by atoms with van der Waals surface area (Å²) in [6.45, 7) is 4.80. The zero-order valence-corrected chi connectivity index (χ0v) is 17.2. The number of benzene rings is 1. The highest BCUT2D eigenvalue weighted by Crippen LogP contribution is 2.33. The Morgan fingerprint density at radius 2 is 1.72 bits per heavy atom. The van der Waals surface area contributed by atoms with Gasteiger partial charge in [-0.1, -0.05) is 0 Å². The number of rotatable bonds is 4. The monoisotopic (exact) mass is 421 g/mol. The molecule has 158 valence electrons. The van der Waals surface area contributed by atoms with E-state index in [4.69, 9.17) is 14.2 Å². The largest absolute Gasteiger partial charge is 0.486 e. The molecule has 9 heteroatoms. The minimum Gasteiger partial charge on any atom is -0.486 e. The molecule has 4 rings (SSSR count). The summed E-state index contributed by atoms with van der Waals surface area (Å²) in [4.78, 5) is 27.3. The van der Waals surface area contributed by atoms with Crippen molar-refractivity contribution in [1.82, 2.24) is 10.2 Å². The van der Waals surface area contributed by atoms with Gasteiger partial charge in [-0.2, -0.15) is 11.8 Å². The van der Waals surface area contributed by atoms with Crippen molar-refractivity contribution < 1.29 is 23.8 Å². The first-order chi connectivity index (χ1) is 14.2. The van der Waals surface area contributed by atoms with Gasteiger partial charge in [0.25, 0.3) is 0 Å². The first-order valence-electron chi connectivity index (χ1n) is 10.1. The van der Waals surface area contributed by atoms with E-state index >= 15 is 0 Å². The second-order valence-corrected chi connectivity index (χ2v) is 8.66. The molecule has 3 aliphatic heterocycles. The number of carbonyl (C=O) groups excluding carboxylic acids is 2. The third kappa shape index (κ3) is 4.79. The maximum Gasteiger partial charge on any atom is 0.313 e. The summed E-state index contributed by atoms with van der Waals surface area (Å²) in [6, 6.07) is 5.10. The topological polar surface area (TPSA) is 89.1 Å². The zero-order valence-electron chi connectivity index (χ0n) is 16.4. The van der Waals surface area contributed by atoms with Crippen LogP contribution in [-0.4, -0.2) is 79.8 Å². The van der Waals surface area contributed by atoms with Crippen molar-refractivity contribution in [3.63, 3.8) is 0 Å². The molecule has 0 atom stereocenters. The highest BCUT2D eigenvalue weighted by atomic mass is 32.2. The van der Waals surface area contributed by atoms with Crippen LogP contribution in [0, 0.1) is 0 Å². The Bertz CT molecular complexity index is 748. The van der Waals surface area contributed by atoms with Crippen LogP contribution in [0.25, 0.3) is 0 Å². The fourth-order valence-corrected chi connectivity index (χ4v) is 4.93. The van der Waals surface area contributed by atoms with Gasteiger partial charge in [0.05, 0.1) is 0 Å². The Kier molecular flexibility index (Phi) is 6.46. The van der Waals surface area contributed by atoms with Crippen LogP contribution in [0.1, 0.15) is 12.8 Å². The van der Waals surface area contributed by atoms with E-state index in [1.165, 1.54) is 0 Å². The molecule has 3 heterocycles. The van der Waals surface area contributed by atoms with Crippen molar-refractivity contribution in [3.8, 4) is 11.5 Å². The quantitative estimate of drug-likeness (QED) is 0.704. The standard InChI is InChI=1S/C20H27N3O5S/c24-18(19(25)22-15-1-2-16-17(13-15)28-10-9-27-16)21-14-20(3-7-26-8-4-20)23-5-11-29-12-6-23/h1-2,13H,3-12,14H2,(H,21,24)(H,22,25). The second-order valence-electron chi connectivity index (χ2n) is 7.43. The Morgan fingerprint density at radius 3 is 2.48 bits per heavy atom. The van der Waals surface area contributed by atoms with Gasteiger partial charge in [-0.05, 0) is 25.0 Å². The summed E-state index contributed by atoms with van der Waals surface area (Å²) in [5.41, 5.74) is 0.370. The van der Waals surface area contributed by atoms with E-state index in [2.05, 4.69) is 15.5 Å². The highest BCUT2D eigenvalue weighted by Gasteiger charge is 2.39. The lowest BCUT2D eigenvalue weighted by Gasteiger charge is -2.47. The number of hydrogen-bond acceptors (Lipinski definition) is 7. The third-order valence-corrected chi connectivity index (χ3v) is 6.63. The molecule has 0 aliphatic carbocycles. The lowest BCUT2D eigenvalue weighted by atomic mass is 9.87. The number of fused-ring (bicyclic) bond motifs is 1. The molecule has 2 amide bonds. The summed E-state index contributed by atoms with van der Waals surface area (Å²) in [6.07, 6.45) is 1.73. The fourth-order valence-electron chi connectivity index (χ4n) is 4.03. The van der Waals surface area contributed by atoms with Crippen molar-refractivity contribution in [2.75, 3.05) is 62.9 Å². The SMILES string of the molecule is O=C(NCC1(N2CCSCC2)CCOCC1)C(=O)Nc1ccc2c(c1)OCCO2. The van der Waals surface area contributed by atoms with E-state index in [-0.39, 0.29) is 5.54 Å². The smallest absolute Gasteiger partial charge is 0.313 e. The summed E-state index contributed by atoms with van der Waals surface area (Å²) in [5, 5.41) is 5.51. The zero-order chi connectivity index (χ0) is 20.1. The molecule has 29 heavy (non-hydrogen) atoms. The van der Waals surface area contributed by atoms with Gasteiger partial charge in [-0.3, -0.25) is 14.5 Å². The van der Waals surface area contributed by atoms with Gasteiger partial charge in [0.2, 0.25) is 0 Å². The highest BCUT2D eigenvalue weighted by molar-refractivity contribution is 7.99. The molecular weight excluding hydrogens is 394 g/mol. The lowest BCUT2D eigenvalue weighted by molar-refractivity contribution is -0.136. The van der Waals surface area contributed by atoms with Gasteiger partial charge >= 0.3 is 11.8 Å². The molecule has 8 nitrogen and oxygen atoms in total. The van der Waals surface area contributed by atoms with E-state index < -0.39 is 11.8 Å².